The molecule has 0 fully saturated rings. The van der Waals surface area contributed by atoms with E-state index in [0.717, 1.165) is 21.1 Å². The van der Waals surface area contributed by atoms with Crippen molar-refractivity contribution in [3.8, 4) is 16.5 Å². The molecule has 0 atom stereocenters. The van der Waals surface area contributed by atoms with Crippen molar-refractivity contribution in [3.63, 3.8) is 0 Å². The Balaban J connectivity index is 1.27. The Kier molecular flexibility index (Phi) is 4.66. The highest BCUT2D eigenvalue weighted by Crippen LogP contribution is 2.32. The van der Waals surface area contributed by atoms with Crippen molar-refractivity contribution in [1.82, 2.24) is 34.3 Å². The minimum atomic E-state index is -0.288. The molecule has 1 amide bonds. The molecule has 5 aromatic rings. The Hall–Kier alpha value is -4.12. The van der Waals surface area contributed by atoms with Gasteiger partial charge in [0.05, 0.1) is 29.7 Å². The van der Waals surface area contributed by atoms with Gasteiger partial charge in [-0.3, -0.25) is 14.6 Å². The number of carbonyl (C=O) groups excluding carboxylic acids is 1. The lowest BCUT2D eigenvalue weighted by Crippen LogP contribution is -2.35. The zero-order valence-electron chi connectivity index (χ0n) is 18.0. The summed E-state index contributed by atoms with van der Waals surface area (Å²) in [7, 11) is 0. The number of benzene rings is 1. The maximum atomic E-state index is 13.3. The van der Waals surface area contributed by atoms with Crippen LogP contribution in [0.3, 0.4) is 0 Å². The molecule has 34 heavy (non-hydrogen) atoms. The van der Waals surface area contributed by atoms with Gasteiger partial charge >= 0.3 is 0 Å². The summed E-state index contributed by atoms with van der Waals surface area (Å²) < 4.78 is 16.2. The topological polar surface area (TPSA) is 101 Å². The molecule has 9 nitrogen and oxygen atoms in total. The summed E-state index contributed by atoms with van der Waals surface area (Å²) in [6.45, 7) is 2.75. The number of fused-ring (bicyclic) bond motifs is 2. The summed E-state index contributed by atoms with van der Waals surface area (Å²) in [5.74, 6) is -0.196. The van der Waals surface area contributed by atoms with Gasteiger partial charge in [0.1, 0.15) is 16.3 Å². The molecule has 4 aromatic heterocycles. The predicted octanol–water partition coefficient (Wildman–Crippen LogP) is 2.98. The van der Waals surface area contributed by atoms with Gasteiger partial charge in [0.15, 0.2) is 0 Å². The average molecular weight is 476 g/mol. The van der Waals surface area contributed by atoms with E-state index in [9.17, 15) is 14.0 Å². The molecule has 0 saturated carbocycles. The van der Waals surface area contributed by atoms with Crippen LogP contribution in [0.25, 0.3) is 22.0 Å². The maximum Gasteiger partial charge on any atom is 0.276 e. The fourth-order valence-corrected chi connectivity index (χ4v) is 5.24. The van der Waals surface area contributed by atoms with Crippen LogP contribution in [0, 0.1) is 12.7 Å². The lowest BCUT2D eigenvalue weighted by Gasteiger charge is -2.26. The number of carbonyl (C=O) groups is 1. The van der Waals surface area contributed by atoms with Crippen molar-refractivity contribution in [3.05, 3.63) is 86.8 Å². The zero-order valence-corrected chi connectivity index (χ0v) is 18.8. The molecule has 0 bridgehead atoms. The monoisotopic (exact) mass is 475 g/mol. The molecule has 1 N–H and O–H groups in total. The molecule has 0 aliphatic carbocycles. The largest absolute Gasteiger partial charge is 0.333 e. The molecule has 5 heterocycles. The Morgan fingerprint density at radius 3 is 2.85 bits per heavy atom. The SMILES string of the molecule is Cc1c(C(=O)N2CCc3nc(-c4ccc(F)cc4)sc3C2)cnn1-c1nn2cccc2c(=O)[nH]1. The third kappa shape index (κ3) is 3.32. The molecule has 1 aliphatic rings. The summed E-state index contributed by atoms with van der Waals surface area (Å²) in [4.78, 5) is 35.9. The van der Waals surface area contributed by atoms with Gasteiger partial charge < -0.3 is 4.90 Å². The summed E-state index contributed by atoms with van der Waals surface area (Å²) in [5.41, 5.74) is 3.00. The van der Waals surface area contributed by atoms with Crippen LogP contribution in [0.1, 0.15) is 26.6 Å². The van der Waals surface area contributed by atoms with Gasteiger partial charge in [-0.25, -0.2) is 18.6 Å². The molecule has 11 heteroatoms. The Morgan fingerprint density at radius 1 is 1.21 bits per heavy atom. The molecule has 1 aliphatic heterocycles. The van der Waals surface area contributed by atoms with Crippen LogP contribution in [-0.4, -0.2) is 46.7 Å². The first-order chi connectivity index (χ1) is 16.5. The van der Waals surface area contributed by atoms with E-state index in [1.165, 1.54) is 38.9 Å². The van der Waals surface area contributed by atoms with Crippen LogP contribution in [0.2, 0.25) is 0 Å². The number of nitrogens with zero attached hydrogens (tertiary/aromatic N) is 6. The number of halogens is 1. The van der Waals surface area contributed by atoms with Crippen molar-refractivity contribution in [2.75, 3.05) is 6.54 Å². The zero-order chi connectivity index (χ0) is 23.4. The average Bonchev–Trinajstić information content (AvgIpc) is 3.56. The lowest BCUT2D eigenvalue weighted by atomic mass is 10.1. The van der Waals surface area contributed by atoms with Crippen molar-refractivity contribution in [2.24, 2.45) is 0 Å². The second kappa shape index (κ2) is 7.73. The van der Waals surface area contributed by atoms with Gasteiger partial charge in [0.25, 0.3) is 11.5 Å². The summed E-state index contributed by atoms with van der Waals surface area (Å²) in [6, 6.07) is 9.67. The first kappa shape index (κ1) is 20.5. The molecule has 6 rings (SSSR count). The van der Waals surface area contributed by atoms with Crippen LogP contribution in [0.15, 0.2) is 53.6 Å². The highest BCUT2D eigenvalue weighted by atomic mass is 32.1. The third-order valence-electron chi connectivity index (χ3n) is 5.94. The number of thiazole rings is 1. The van der Waals surface area contributed by atoms with Crippen LogP contribution in [0.5, 0.6) is 0 Å². The fourth-order valence-electron chi connectivity index (χ4n) is 4.12. The summed E-state index contributed by atoms with van der Waals surface area (Å²) in [6.07, 6.45) is 3.83. The van der Waals surface area contributed by atoms with Crippen LogP contribution in [0.4, 0.5) is 4.39 Å². The smallest absolute Gasteiger partial charge is 0.276 e. The third-order valence-corrected chi connectivity index (χ3v) is 7.07. The van der Waals surface area contributed by atoms with Crippen molar-refractivity contribution in [2.45, 2.75) is 19.9 Å². The molecule has 0 spiro atoms. The number of nitrogens with one attached hydrogen (secondary N) is 1. The van der Waals surface area contributed by atoms with Crippen LogP contribution >= 0.6 is 11.3 Å². The van der Waals surface area contributed by atoms with E-state index >= 15 is 0 Å². The van der Waals surface area contributed by atoms with Crippen LogP contribution < -0.4 is 5.56 Å². The highest BCUT2D eigenvalue weighted by molar-refractivity contribution is 7.15. The van der Waals surface area contributed by atoms with Gasteiger partial charge in [-0.05, 0) is 43.3 Å². The Labute approximate surface area is 196 Å². The first-order valence-corrected chi connectivity index (χ1v) is 11.5. The lowest BCUT2D eigenvalue weighted by molar-refractivity contribution is 0.0735. The molecule has 0 radical (unpaired) electrons. The molecule has 0 saturated heterocycles. The standard InChI is InChI=1S/C23H18FN7O2S/c1-13-16(11-25-31(13)23-27-20(32)18-3-2-9-30(18)28-23)22(33)29-10-8-17-19(12-29)34-21(26-17)14-4-6-15(24)7-5-14/h2-7,9,11H,8,10,12H2,1H3,(H,27,28,32). The van der Waals surface area contributed by atoms with E-state index in [2.05, 4.69) is 15.2 Å². The van der Waals surface area contributed by atoms with E-state index in [-0.39, 0.29) is 23.2 Å². The second-order valence-corrected chi connectivity index (χ2v) is 9.13. The highest BCUT2D eigenvalue weighted by Gasteiger charge is 2.28. The number of H-pyrrole nitrogens is 1. The van der Waals surface area contributed by atoms with E-state index < -0.39 is 0 Å². The Bertz CT molecular complexity index is 1610. The summed E-state index contributed by atoms with van der Waals surface area (Å²) in [5, 5.41) is 9.52. The fraction of sp³-hybridized carbons (Fsp3) is 0.174. The molecule has 1 aromatic carbocycles. The van der Waals surface area contributed by atoms with Gasteiger partial charge in [0.2, 0.25) is 5.95 Å². The van der Waals surface area contributed by atoms with Crippen molar-refractivity contribution in [1.29, 1.82) is 0 Å². The minimum Gasteiger partial charge on any atom is -0.333 e. The summed E-state index contributed by atoms with van der Waals surface area (Å²) >= 11 is 1.52. The number of hydrogen-bond acceptors (Lipinski definition) is 6. The molecule has 170 valence electrons. The van der Waals surface area contributed by atoms with Gasteiger partial charge in [-0.1, -0.05) is 0 Å². The number of rotatable bonds is 3. The van der Waals surface area contributed by atoms with Crippen LogP contribution in [-0.2, 0) is 13.0 Å². The number of hydrogen-bond donors (Lipinski definition) is 1. The first-order valence-electron chi connectivity index (χ1n) is 10.6. The minimum absolute atomic E-state index is 0.143. The van der Waals surface area contributed by atoms with E-state index in [1.54, 1.807) is 42.3 Å². The molecular formula is C23H18FN7O2S. The van der Waals surface area contributed by atoms with Gasteiger partial charge in [-0.15, -0.1) is 16.4 Å². The van der Waals surface area contributed by atoms with Crippen molar-refractivity contribution >= 4 is 22.8 Å². The van der Waals surface area contributed by atoms with E-state index in [0.29, 0.717) is 36.3 Å². The number of aromatic amines is 1. The molecule has 0 unspecified atom stereocenters. The number of aromatic nitrogens is 6. The second-order valence-electron chi connectivity index (χ2n) is 8.04. The van der Waals surface area contributed by atoms with Crippen molar-refractivity contribution < 1.29 is 9.18 Å². The van der Waals surface area contributed by atoms with E-state index in [1.807, 2.05) is 0 Å². The van der Waals surface area contributed by atoms with E-state index in [4.69, 9.17) is 4.98 Å². The Morgan fingerprint density at radius 2 is 2.03 bits per heavy atom. The van der Waals surface area contributed by atoms with Gasteiger partial charge in [-0.2, -0.15) is 5.10 Å². The van der Waals surface area contributed by atoms with Gasteiger partial charge in [0, 0.05) is 29.6 Å². The maximum absolute atomic E-state index is 13.3. The predicted molar refractivity (Wildman–Crippen MR) is 124 cm³/mol. The normalized spacial score (nSPS) is 13.4. The molecular weight excluding hydrogens is 457 g/mol. The quantitative estimate of drug-likeness (QED) is 0.432. The number of amides is 1.